The van der Waals surface area contributed by atoms with Gasteiger partial charge >= 0.3 is 5.97 Å². The number of halogens is 1. The third kappa shape index (κ3) is 5.46. The zero-order valence-corrected chi connectivity index (χ0v) is 16.1. The summed E-state index contributed by atoms with van der Waals surface area (Å²) in [6, 6.07) is 0. The lowest BCUT2D eigenvalue weighted by atomic mass is 9.97. The summed E-state index contributed by atoms with van der Waals surface area (Å²) in [4.78, 5) is 14.2. The van der Waals surface area contributed by atoms with Gasteiger partial charge in [-0.05, 0) is 59.7 Å². The molecular weight excluding hydrogens is 328 g/mol. The molecule has 1 saturated heterocycles. The van der Waals surface area contributed by atoms with E-state index in [1.54, 1.807) is 4.68 Å². The van der Waals surface area contributed by atoms with E-state index < -0.39 is 0 Å². The second-order valence-electron chi connectivity index (χ2n) is 6.41. The highest BCUT2D eigenvalue weighted by Gasteiger charge is 2.22. The Labute approximate surface area is 151 Å². The molecule has 0 aliphatic carbocycles. The Kier molecular flexibility index (Phi) is 8.73. The van der Waals surface area contributed by atoms with Crippen LogP contribution in [0, 0.1) is 19.8 Å². The number of ether oxygens (including phenoxy) is 1. The highest BCUT2D eigenvalue weighted by atomic mass is 35.5. The number of nitrogens with zero attached hydrogens (tertiary/aromatic N) is 3. The van der Waals surface area contributed by atoms with Crippen molar-refractivity contribution < 1.29 is 9.53 Å². The Morgan fingerprint density at radius 1 is 1.42 bits per heavy atom. The van der Waals surface area contributed by atoms with Crippen LogP contribution < -0.4 is 5.32 Å². The molecule has 0 aromatic carbocycles. The van der Waals surface area contributed by atoms with Crippen LogP contribution in [0.2, 0.25) is 0 Å². The first-order valence-electron chi connectivity index (χ1n) is 8.60. The summed E-state index contributed by atoms with van der Waals surface area (Å²) in [6.07, 6.45) is 2.55. The molecule has 138 valence electrons. The molecule has 1 atom stereocenters. The van der Waals surface area contributed by atoms with Crippen LogP contribution >= 0.6 is 12.4 Å². The average molecular weight is 359 g/mol. The van der Waals surface area contributed by atoms with E-state index in [1.165, 1.54) is 18.4 Å². The summed E-state index contributed by atoms with van der Waals surface area (Å²) in [5.74, 6) is 0.501. The number of nitrogens with one attached hydrogen (secondary N) is 1. The minimum atomic E-state index is -0.225. The molecule has 6 nitrogen and oxygen atoms in total. The maximum absolute atomic E-state index is 11.7. The van der Waals surface area contributed by atoms with Gasteiger partial charge in [-0.25, -0.2) is 0 Å². The molecule has 0 saturated carbocycles. The fourth-order valence-corrected chi connectivity index (χ4v) is 3.42. The van der Waals surface area contributed by atoms with Gasteiger partial charge in [0, 0.05) is 24.3 Å². The number of rotatable bonds is 7. The standard InChI is InChI=1S/C17H30N4O2.ClH/c1-5-23-17(22)12-21-14(3)16(13(2)19-21)11-20-8-6-7-15(10-20)9-18-4;/h15,18H,5-12H2,1-4H3;1H. The highest BCUT2D eigenvalue weighted by molar-refractivity contribution is 5.85. The summed E-state index contributed by atoms with van der Waals surface area (Å²) in [5, 5.41) is 7.82. The normalized spacial score (nSPS) is 18.2. The van der Waals surface area contributed by atoms with E-state index in [-0.39, 0.29) is 24.9 Å². The summed E-state index contributed by atoms with van der Waals surface area (Å²) in [7, 11) is 2.02. The summed E-state index contributed by atoms with van der Waals surface area (Å²) >= 11 is 0. The number of aromatic nitrogens is 2. The SMILES string of the molecule is CCOC(=O)Cn1nc(C)c(CN2CCCC(CNC)C2)c1C.Cl. The molecule has 2 heterocycles. The van der Waals surface area contributed by atoms with Crippen LogP contribution in [0.4, 0.5) is 0 Å². The zero-order valence-electron chi connectivity index (χ0n) is 15.3. The lowest BCUT2D eigenvalue weighted by molar-refractivity contribution is -0.144. The van der Waals surface area contributed by atoms with E-state index in [1.807, 2.05) is 27.8 Å². The maximum Gasteiger partial charge on any atom is 0.327 e. The molecule has 7 heteroatoms. The van der Waals surface area contributed by atoms with Crippen molar-refractivity contribution in [3.8, 4) is 0 Å². The fourth-order valence-electron chi connectivity index (χ4n) is 3.42. The lowest BCUT2D eigenvalue weighted by Crippen LogP contribution is -2.38. The van der Waals surface area contributed by atoms with Gasteiger partial charge in [-0.3, -0.25) is 14.4 Å². The second kappa shape index (κ2) is 10.0. The second-order valence-corrected chi connectivity index (χ2v) is 6.41. The van der Waals surface area contributed by atoms with Gasteiger partial charge < -0.3 is 10.1 Å². The molecule has 1 aromatic heterocycles. The maximum atomic E-state index is 11.7. The molecule has 2 rings (SSSR count). The first kappa shape index (κ1) is 20.9. The van der Waals surface area contributed by atoms with Crippen molar-refractivity contribution in [3.63, 3.8) is 0 Å². The van der Waals surface area contributed by atoms with Gasteiger partial charge in [0.05, 0.1) is 12.3 Å². The van der Waals surface area contributed by atoms with Crippen molar-refractivity contribution in [2.75, 3.05) is 33.3 Å². The minimum Gasteiger partial charge on any atom is -0.465 e. The Balaban J connectivity index is 0.00000288. The predicted molar refractivity (Wildman–Crippen MR) is 97.5 cm³/mol. The molecule has 24 heavy (non-hydrogen) atoms. The Hall–Kier alpha value is -1.11. The molecule has 1 aliphatic rings. The lowest BCUT2D eigenvalue weighted by Gasteiger charge is -2.32. The number of hydrogen-bond acceptors (Lipinski definition) is 5. The first-order valence-corrected chi connectivity index (χ1v) is 8.60. The fraction of sp³-hybridized carbons (Fsp3) is 0.765. The number of esters is 1. The molecule has 0 bridgehead atoms. The van der Waals surface area contributed by atoms with E-state index in [0.29, 0.717) is 6.61 Å². The third-order valence-corrected chi connectivity index (χ3v) is 4.59. The van der Waals surface area contributed by atoms with E-state index >= 15 is 0 Å². The largest absolute Gasteiger partial charge is 0.465 e. The molecular formula is C17H31ClN4O2. The Morgan fingerprint density at radius 3 is 2.83 bits per heavy atom. The van der Waals surface area contributed by atoms with Crippen molar-refractivity contribution in [2.45, 2.75) is 46.7 Å². The predicted octanol–water partition coefficient (Wildman–Crippen LogP) is 1.92. The summed E-state index contributed by atoms with van der Waals surface area (Å²) in [5.41, 5.74) is 3.34. The molecule has 0 radical (unpaired) electrons. The number of piperidine rings is 1. The quantitative estimate of drug-likeness (QED) is 0.754. The van der Waals surface area contributed by atoms with Crippen molar-refractivity contribution in [1.29, 1.82) is 0 Å². The van der Waals surface area contributed by atoms with Crippen molar-refractivity contribution in [3.05, 3.63) is 17.0 Å². The van der Waals surface area contributed by atoms with Crippen molar-refractivity contribution in [1.82, 2.24) is 20.0 Å². The van der Waals surface area contributed by atoms with Gasteiger partial charge in [-0.2, -0.15) is 5.10 Å². The Bertz CT molecular complexity index is 531. The highest BCUT2D eigenvalue weighted by Crippen LogP contribution is 2.21. The van der Waals surface area contributed by atoms with Crippen LogP contribution in [0.25, 0.3) is 0 Å². The van der Waals surface area contributed by atoms with Gasteiger partial charge in [-0.1, -0.05) is 0 Å². The summed E-state index contributed by atoms with van der Waals surface area (Å²) < 4.78 is 6.80. The van der Waals surface area contributed by atoms with E-state index in [4.69, 9.17) is 4.74 Å². The number of carbonyl (C=O) groups is 1. The van der Waals surface area contributed by atoms with Gasteiger partial charge in [-0.15, -0.1) is 12.4 Å². The molecule has 0 spiro atoms. The van der Waals surface area contributed by atoms with Crippen LogP contribution in [-0.4, -0.2) is 53.9 Å². The molecule has 1 aliphatic heterocycles. The average Bonchev–Trinajstić information content (AvgIpc) is 2.76. The van der Waals surface area contributed by atoms with Gasteiger partial charge in [0.2, 0.25) is 0 Å². The third-order valence-electron chi connectivity index (χ3n) is 4.59. The van der Waals surface area contributed by atoms with E-state index in [9.17, 15) is 4.79 Å². The molecule has 1 fully saturated rings. The summed E-state index contributed by atoms with van der Waals surface area (Å²) in [6.45, 7) is 10.8. The number of likely N-dealkylation sites (tertiary alicyclic amines) is 1. The molecule has 1 aromatic rings. The zero-order chi connectivity index (χ0) is 16.8. The van der Waals surface area contributed by atoms with Crippen LogP contribution in [0.15, 0.2) is 0 Å². The van der Waals surface area contributed by atoms with Crippen LogP contribution in [0.5, 0.6) is 0 Å². The van der Waals surface area contributed by atoms with Gasteiger partial charge in [0.1, 0.15) is 6.54 Å². The van der Waals surface area contributed by atoms with Crippen LogP contribution in [0.1, 0.15) is 36.7 Å². The Morgan fingerprint density at radius 2 is 2.17 bits per heavy atom. The molecule has 0 amide bonds. The van der Waals surface area contributed by atoms with Gasteiger partial charge in [0.25, 0.3) is 0 Å². The van der Waals surface area contributed by atoms with E-state index in [2.05, 4.69) is 15.3 Å². The van der Waals surface area contributed by atoms with Crippen molar-refractivity contribution in [2.24, 2.45) is 5.92 Å². The number of carbonyl (C=O) groups excluding carboxylic acids is 1. The monoisotopic (exact) mass is 358 g/mol. The topological polar surface area (TPSA) is 59.4 Å². The van der Waals surface area contributed by atoms with E-state index in [0.717, 1.165) is 43.5 Å². The van der Waals surface area contributed by atoms with Crippen LogP contribution in [0.3, 0.4) is 0 Å². The first-order chi connectivity index (χ1) is 11.0. The minimum absolute atomic E-state index is 0. The van der Waals surface area contributed by atoms with Crippen molar-refractivity contribution >= 4 is 18.4 Å². The smallest absolute Gasteiger partial charge is 0.327 e. The number of hydrogen-bond donors (Lipinski definition) is 1. The number of aryl methyl sites for hydroxylation is 1. The molecule has 1 unspecified atom stereocenters. The van der Waals surface area contributed by atoms with Gasteiger partial charge in [0.15, 0.2) is 0 Å². The van der Waals surface area contributed by atoms with Crippen LogP contribution in [-0.2, 0) is 22.6 Å². The molecule has 1 N–H and O–H groups in total.